The minimum absolute atomic E-state index is 0.0308. The molecule has 0 radical (unpaired) electrons. The molecule has 0 saturated carbocycles. The van der Waals surface area contributed by atoms with Crippen LogP contribution < -0.4 is 50.7 Å². The van der Waals surface area contributed by atoms with Crippen LogP contribution in [-0.4, -0.2) is 72.3 Å². The van der Waals surface area contributed by atoms with Crippen molar-refractivity contribution < 1.29 is 52.4 Å². The molecule has 0 saturated heterocycles. The smallest absolute Gasteiger partial charge is 0.341 e. The Morgan fingerprint density at radius 1 is 0.371 bits per heavy atom. The number of amides is 4. The van der Waals surface area contributed by atoms with E-state index in [4.69, 9.17) is 34.2 Å². The number of carbonyl (C=O) groups is 5. The van der Waals surface area contributed by atoms with Crippen molar-refractivity contribution in [2.45, 2.75) is 34.6 Å². The van der Waals surface area contributed by atoms with Gasteiger partial charge in [0, 0.05) is 0 Å². The van der Waals surface area contributed by atoms with Gasteiger partial charge in [-0.2, -0.15) is 0 Å². The van der Waals surface area contributed by atoms with Gasteiger partial charge in [0.15, 0.2) is 28.7 Å². The molecule has 0 spiro atoms. The van der Waals surface area contributed by atoms with Gasteiger partial charge in [0.1, 0.15) is 5.56 Å². The Labute approximate surface area is 359 Å². The number of benzene rings is 5. The van der Waals surface area contributed by atoms with E-state index >= 15 is 0 Å². The summed E-state index contributed by atoms with van der Waals surface area (Å²) in [5.74, 6) is -2.64. The lowest BCUT2D eigenvalue weighted by Crippen LogP contribution is -2.20. The molecular formula is C46H49N5O11. The van der Waals surface area contributed by atoms with E-state index < -0.39 is 29.6 Å². The number of nitrogens with two attached hydrogens (primary N) is 1. The first-order valence-electron chi connectivity index (χ1n) is 19.0. The fraction of sp³-hybridized carbons (Fsp3) is 0.239. The van der Waals surface area contributed by atoms with E-state index in [0.717, 1.165) is 5.56 Å². The zero-order chi connectivity index (χ0) is 45.6. The zero-order valence-electron chi connectivity index (χ0n) is 36.3. The number of ether oxygens (including phenoxy) is 6. The first-order valence-corrected chi connectivity index (χ1v) is 19.0. The molecule has 0 aliphatic rings. The number of anilines is 5. The standard InChI is InChI=1S/C46H49N5O11/c1-22-12-27(37(57-6)32(47)17-22)42(52)48-33-18-23(2)13-28(38(33)58-7)43(53)49-34-19-24(3)14-29(39(34)59-8)44(54)50-35-20-25(4)15-30(40(35)60-9)45(55)51-36-21-26(5)16-31(41(36)61-10)46(56)62-11/h12-21H,47H2,1-11H3,(H,48,52)(H,49,53)(H,50,54)(H,51,55). The summed E-state index contributed by atoms with van der Waals surface area (Å²) in [5.41, 5.74) is 10.9. The van der Waals surface area contributed by atoms with Gasteiger partial charge in [-0.15, -0.1) is 0 Å². The van der Waals surface area contributed by atoms with E-state index in [-0.39, 0.29) is 85.0 Å². The quantitative estimate of drug-likeness (QED) is 0.0538. The molecule has 324 valence electrons. The van der Waals surface area contributed by atoms with E-state index in [1.165, 1.54) is 42.7 Å². The van der Waals surface area contributed by atoms with Gasteiger partial charge in [-0.3, -0.25) is 19.2 Å². The lowest BCUT2D eigenvalue weighted by Gasteiger charge is -2.20. The molecule has 0 aliphatic carbocycles. The topological polar surface area (TPSA) is 215 Å². The Morgan fingerprint density at radius 2 is 0.613 bits per heavy atom. The zero-order valence-corrected chi connectivity index (χ0v) is 36.3. The van der Waals surface area contributed by atoms with Crippen LogP contribution in [0.1, 0.15) is 79.6 Å². The van der Waals surface area contributed by atoms with E-state index in [9.17, 15) is 24.0 Å². The molecular weight excluding hydrogens is 799 g/mol. The van der Waals surface area contributed by atoms with Crippen LogP contribution in [0.4, 0.5) is 28.4 Å². The van der Waals surface area contributed by atoms with Crippen LogP contribution in [-0.2, 0) is 4.74 Å². The van der Waals surface area contributed by atoms with Crippen molar-refractivity contribution in [2.24, 2.45) is 0 Å². The molecule has 5 aromatic carbocycles. The lowest BCUT2D eigenvalue weighted by atomic mass is 10.0. The summed E-state index contributed by atoms with van der Waals surface area (Å²) in [6, 6.07) is 16.2. The number of aryl methyl sites for hydroxylation is 5. The van der Waals surface area contributed by atoms with Gasteiger partial charge in [-0.05, 0) is 123 Å². The molecule has 6 N–H and O–H groups in total. The number of hydrogen-bond donors (Lipinski definition) is 5. The largest absolute Gasteiger partial charge is 0.494 e. The predicted octanol–water partition coefficient (Wildman–Crippen LogP) is 7.65. The number of carbonyl (C=O) groups excluding carboxylic acids is 5. The van der Waals surface area contributed by atoms with Crippen molar-refractivity contribution in [1.82, 2.24) is 0 Å². The normalized spacial score (nSPS) is 10.6. The predicted molar refractivity (Wildman–Crippen MR) is 236 cm³/mol. The molecule has 16 heteroatoms. The van der Waals surface area contributed by atoms with Crippen LogP contribution in [0, 0.1) is 34.6 Å². The fourth-order valence-electron chi connectivity index (χ4n) is 7.07. The average molecular weight is 848 g/mol. The Bertz CT molecular complexity index is 2620. The van der Waals surface area contributed by atoms with Gasteiger partial charge in [0.05, 0.1) is 93.3 Å². The molecule has 0 unspecified atom stereocenters. The Hall–Kier alpha value is -7.75. The maximum Gasteiger partial charge on any atom is 0.341 e. The van der Waals surface area contributed by atoms with Crippen LogP contribution >= 0.6 is 0 Å². The molecule has 0 fully saturated rings. The molecule has 62 heavy (non-hydrogen) atoms. The molecule has 0 bridgehead atoms. The van der Waals surface area contributed by atoms with Crippen molar-refractivity contribution in [3.05, 3.63) is 116 Å². The molecule has 5 rings (SSSR count). The number of methoxy groups -OCH3 is 6. The van der Waals surface area contributed by atoms with Crippen molar-refractivity contribution in [2.75, 3.05) is 69.7 Å². The summed E-state index contributed by atoms with van der Waals surface area (Å²) in [4.78, 5) is 68.2. The highest BCUT2D eigenvalue weighted by Gasteiger charge is 2.27. The minimum Gasteiger partial charge on any atom is -0.494 e. The van der Waals surface area contributed by atoms with Gasteiger partial charge in [-0.1, -0.05) is 0 Å². The monoisotopic (exact) mass is 847 g/mol. The van der Waals surface area contributed by atoms with Crippen molar-refractivity contribution in [3.63, 3.8) is 0 Å². The SMILES string of the molecule is COC(=O)c1cc(C)cc(NC(=O)c2cc(C)cc(NC(=O)c3cc(C)cc(NC(=O)c4cc(C)cc(NC(=O)c5cc(C)cc(N)c5OC)c4OC)c3OC)c2OC)c1OC. The third kappa shape index (κ3) is 9.49. The maximum absolute atomic E-state index is 14.2. The molecule has 5 aromatic rings. The summed E-state index contributed by atoms with van der Waals surface area (Å²) < 4.78 is 32.9. The van der Waals surface area contributed by atoms with Crippen LogP contribution in [0.15, 0.2) is 60.7 Å². The summed E-state index contributed by atoms with van der Waals surface area (Å²) in [6.45, 7) is 8.77. The first-order chi connectivity index (χ1) is 29.5. The van der Waals surface area contributed by atoms with Gasteiger partial charge in [0.2, 0.25) is 0 Å². The highest BCUT2D eigenvalue weighted by atomic mass is 16.5. The van der Waals surface area contributed by atoms with Gasteiger partial charge >= 0.3 is 5.97 Å². The number of hydrogen-bond acceptors (Lipinski definition) is 12. The fourth-order valence-corrected chi connectivity index (χ4v) is 7.07. The molecule has 16 nitrogen and oxygen atoms in total. The van der Waals surface area contributed by atoms with Crippen molar-refractivity contribution in [3.8, 4) is 28.7 Å². The Kier molecular flexibility index (Phi) is 14.0. The van der Waals surface area contributed by atoms with E-state index in [1.54, 1.807) is 95.3 Å². The molecule has 0 heterocycles. The minimum atomic E-state index is -0.648. The van der Waals surface area contributed by atoms with Gasteiger partial charge in [0.25, 0.3) is 23.6 Å². The number of nitrogens with one attached hydrogen (secondary N) is 4. The average Bonchev–Trinajstić information content (AvgIpc) is 3.22. The third-order valence-corrected chi connectivity index (χ3v) is 9.59. The van der Waals surface area contributed by atoms with Crippen LogP contribution in [0.3, 0.4) is 0 Å². The molecule has 0 aliphatic heterocycles. The van der Waals surface area contributed by atoms with Gasteiger partial charge in [-0.25, -0.2) is 4.79 Å². The highest BCUT2D eigenvalue weighted by molar-refractivity contribution is 6.15. The summed E-state index contributed by atoms with van der Waals surface area (Å²) in [6.07, 6.45) is 0. The number of rotatable bonds is 14. The molecule has 0 atom stereocenters. The van der Waals surface area contributed by atoms with E-state index in [0.29, 0.717) is 22.3 Å². The first kappa shape index (κ1) is 45.3. The van der Waals surface area contributed by atoms with E-state index in [1.807, 2.05) is 0 Å². The highest BCUT2D eigenvalue weighted by Crippen LogP contribution is 2.38. The number of nitrogen functional groups attached to an aromatic ring is 1. The maximum atomic E-state index is 14.2. The van der Waals surface area contributed by atoms with Crippen molar-refractivity contribution in [1.29, 1.82) is 0 Å². The van der Waals surface area contributed by atoms with Crippen molar-refractivity contribution >= 4 is 58.0 Å². The Balaban J connectivity index is 1.46. The lowest BCUT2D eigenvalue weighted by molar-refractivity contribution is 0.0596. The second-order valence-electron chi connectivity index (χ2n) is 14.3. The van der Waals surface area contributed by atoms with E-state index in [2.05, 4.69) is 21.3 Å². The summed E-state index contributed by atoms with van der Waals surface area (Å²) in [5, 5.41) is 11.3. The Morgan fingerprint density at radius 3 is 0.887 bits per heavy atom. The summed E-state index contributed by atoms with van der Waals surface area (Å²) >= 11 is 0. The third-order valence-electron chi connectivity index (χ3n) is 9.59. The second kappa shape index (κ2) is 19.1. The van der Waals surface area contributed by atoms with Crippen LogP contribution in [0.5, 0.6) is 28.7 Å². The molecule has 0 aromatic heterocycles. The van der Waals surface area contributed by atoms with Crippen LogP contribution in [0.2, 0.25) is 0 Å². The van der Waals surface area contributed by atoms with Crippen LogP contribution in [0.25, 0.3) is 0 Å². The second-order valence-corrected chi connectivity index (χ2v) is 14.3. The molecule has 4 amide bonds. The number of esters is 1. The summed E-state index contributed by atoms with van der Waals surface area (Å²) in [7, 11) is 8.09. The van der Waals surface area contributed by atoms with Gasteiger partial charge < -0.3 is 55.4 Å².